The van der Waals surface area contributed by atoms with Crippen LogP contribution in [0.2, 0.25) is 0 Å². The summed E-state index contributed by atoms with van der Waals surface area (Å²) in [6, 6.07) is 0.729. The Kier molecular flexibility index (Phi) is 6.80. The van der Waals surface area contributed by atoms with Crippen molar-refractivity contribution in [3.8, 4) is 0 Å². The maximum Gasteiger partial charge on any atom is 0.376 e. The number of ether oxygens (including phenoxy) is 1. The molecule has 3 rings (SSSR count). The van der Waals surface area contributed by atoms with E-state index in [1.807, 2.05) is 0 Å². The molecule has 0 bridgehead atoms. The molecule has 130 valence electrons. The fraction of sp³-hybridized carbons (Fsp3) is 0.800. The van der Waals surface area contributed by atoms with E-state index in [1.54, 1.807) is 6.92 Å². The molecule has 0 aromatic carbocycles. The summed E-state index contributed by atoms with van der Waals surface area (Å²) in [7, 11) is 0. The number of carbonyl (C=O) groups excluding carboxylic acids is 1. The molecule has 0 radical (unpaired) electrons. The van der Waals surface area contributed by atoms with Crippen molar-refractivity contribution in [1.29, 1.82) is 0 Å². The van der Waals surface area contributed by atoms with Crippen molar-refractivity contribution in [2.75, 3.05) is 32.8 Å². The normalized spacial score (nSPS) is 20.9. The van der Waals surface area contributed by atoms with Gasteiger partial charge in [0, 0.05) is 12.0 Å². The van der Waals surface area contributed by atoms with Crippen molar-refractivity contribution in [2.45, 2.75) is 44.6 Å². The highest BCUT2D eigenvalue weighted by atomic mass is 35.5. The number of nitrogens with zero attached hydrogens (tertiary/aromatic N) is 3. The lowest BCUT2D eigenvalue weighted by Crippen LogP contribution is -2.46. The number of carbonyl (C=O) groups is 1. The molecule has 3 heterocycles. The minimum atomic E-state index is -0.423. The third-order valence-corrected chi connectivity index (χ3v) is 4.71. The van der Waals surface area contributed by atoms with E-state index in [2.05, 4.69) is 25.4 Å². The Bertz CT molecular complexity index is 496. The van der Waals surface area contributed by atoms with Crippen LogP contribution in [0.3, 0.4) is 0 Å². The van der Waals surface area contributed by atoms with Gasteiger partial charge in [0.25, 0.3) is 0 Å². The van der Waals surface area contributed by atoms with Crippen molar-refractivity contribution in [3.05, 3.63) is 11.6 Å². The van der Waals surface area contributed by atoms with Gasteiger partial charge in [0.15, 0.2) is 0 Å². The molecule has 0 amide bonds. The molecule has 7 nitrogen and oxygen atoms in total. The van der Waals surface area contributed by atoms with Crippen LogP contribution in [0, 0.1) is 0 Å². The molecule has 2 aliphatic heterocycles. The summed E-state index contributed by atoms with van der Waals surface area (Å²) < 4.78 is 4.94. The Morgan fingerprint density at radius 3 is 2.57 bits per heavy atom. The maximum absolute atomic E-state index is 11.6. The molecule has 2 N–H and O–H groups in total. The lowest BCUT2D eigenvalue weighted by Gasteiger charge is -2.39. The SMILES string of the molecule is CCOC(=O)c1nnc(C2CCN(C3CCNCC3)CC2)[nH]1.Cl. The Morgan fingerprint density at radius 1 is 1.22 bits per heavy atom. The second-order valence-electron chi connectivity index (χ2n) is 6.07. The Labute approximate surface area is 143 Å². The van der Waals surface area contributed by atoms with E-state index in [-0.39, 0.29) is 18.2 Å². The minimum absolute atomic E-state index is 0. The van der Waals surface area contributed by atoms with Crippen LogP contribution in [-0.2, 0) is 4.74 Å². The van der Waals surface area contributed by atoms with Crippen LogP contribution in [0.5, 0.6) is 0 Å². The molecule has 2 saturated heterocycles. The van der Waals surface area contributed by atoms with E-state index in [0.29, 0.717) is 12.5 Å². The van der Waals surface area contributed by atoms with Crippen LogP contribution in [-0.4, -0.2) is 64.9 Å². The fourth-order valence-corrected chi connectivity index (χ4v) is 3.46. The number of H-pyrrole nitrogens is 1. The summed E-state index contributed by atoms with van der Waals surface area (Å²) in [6.45, 7) is 6.61. The summed E-state index contributed by atoms with van der Waals surface area (Å²) in [5.41, 5.74) is 0. The smallest absolute Gasteiger partial charge is 0.376 e. The average Bonchev–Trinajstić information content (AvgIpc) is 3.06. The highest BCUT2D eigenvalue weighted by Crippen LogP contribution is 2.28. The number of esters is 1. The number of piperidine rings is 2. The number of aromatic amines is 1. The largest absolute Gasteiger partial charge is 0.460 e. The van der Waals surface area contributed by atoms with Crippen molar-refractivity contribution < 1.29 is 9.53 Å². The zero-order chi connectivity index (χ0) is 15.4. The number of nitrogens with one attached hydrogen (secondary N) is 2. The molecule has 0 aliphatic carbocycles. The molecule has 1 aromatic rings. The second kappa shape index (κ2) is 8.61. The van der Waals surface area contributed by atoms with E-state index in [4.69, 9.17) is 4.74 Å². The molecule has 2 fully saturated rings. The van der Waals surface area contributed by atoms with E-state index in [9.17, 15) is 4.79 Å². The van der Waals surface area contributed by atoms with Gasteiger partial charge in [-0.3, -0.25) is 0 Å². The monoisotopic (exact) mass is 343 g/mol. The second-order valence-corrected chi connectivity index (χ2v) is 6.07. The highest BCUT2D eigenvalue weighted by molar-refractivity contribution is 5.85. The fourth-order valence-electron chi connectivity index (χ4n) is 3.46. The van der Waals surface area contributed by atoms with Gasteiger partial charge >= 0.3 is 5.97 Å². The Morgan fingerprint density at radius 2 is 1.91 bits per heavy atom. The average molecular weight is 344 g/mol. The third-order valence-electron chi connectivity index (χ3n) is 4.71. The predicted octanol–water partition coefficient (Wildman–Crippen LogP) is 1.33. The number of likely N-dealkylation sites (tertiary alicyclic amines) is 1. The number of hydrogen-bond donors (Lipinski definition) is 2. The van der Waals surface area contributed by atoms with Gasteiger partial charge in [-0.05, 0) is 58.8 Å². The first-order valence-corrected chi connectivity index (χ1v) is 8.32. The van der Waals surface area contributed by atoms with Crippen molar-refractivity contribution in [3.63, 3.8) is 0 Å². The molecule has 2 aliphatic rings. The molecule has 8 heteroatoms. The summed E-state index contributed by atoms with van der Waals surface area (Å²) in [5, 5.41) is 11.5. The Balaban J connectivity index is 0.00000192. The molecule has 0 atom stereocenters. The van der Waals surface area contributed by atoms with Crippen LogP contribution in [0.25, 0.3) is 0 Å². The first-order chi connectivity index (χ1) is 10.8. The zero-order valence-electron chi connectivity index (χ0n) is 13.6. The first-order valence-electron chi connectivity index (χ1n) is 8.32. The third kappa shape index (κ3) is 4.43. The molecule has 23 heavy (non-hydrogen) atoms. The number of halogens is 1. The van der Waals surface area contributed by atoms with E-state index in [1.165, 1.54) is 12.8 Å². The number of rotatable bonds is 4. The summed E-state index contributed by atoms with van der Waals surface area (Å²) in [6.07, 6.45) is 4.64. The van der Waals surface area contributed by atoms with Crippen molar-refractivity contribution in [1.82, 2.24) is 25.4 Å². The minimum Gasteiger partial charge on any atom is -0.460 e. The Hall–Kier alpha value is -1.18. The summed E-state index contributed by atoms with van der Waals surface area (Å²) in [4.78, 5) is 17.3. The predicted molar refractivity (Wildman–Crippen MR) is 89.0 cm³/mol. The molecule has 0 saturated carbocycles. The molecule has 0 spiro atoms. The van der Waals surface area contributed by atoms with E-state index < -0.39 is 5.97 Å². The van der Waals surface area contributed by atoms with Gasteiger partial charge in [0.1, 0.15) is 5.82 Å². The van der Waals surface area contributed by atoms with Gasteiger partial charge in [0.05, 0.1) is 6.61 Å². The van der Waals surface area contributed by atoms with E-state index >= 15 is 0 Å². The topological polar surface area (TPSA) is 83.1 Å². The maximum atomic E-state index is 11.6. The molecule has 1 aromatic heterocycles. The molecule has 0 unspecified atom stereocenters. The van der Waals surface area contributed by atoms with Gasteiger partial charge in [-0.25, -0.2) is 4.79 Å². The van der Waals surface area contributed by atoms with Crippen molar-refractivity contribution >= 4 is 18.4 Å². The molecular weight excluding hydrogens is 318 g/mol. The van der Waals surface area contributed by atoms with Crippen LogP contribution in [0.4, 0.5) is 0 Å². The molecular formula is C15H26ClN5O2. The number of aromatic nitrogens is 3. The lowest BCUT2D eigenvalue weighted by atomic mass is 9.93. The van der Waals surface area contributed by atoms with E-state index in [0.717, 1.165) is 50.9 Å². The van der Waals surface area contributed by atoms with Gasteiger partial charge in [-0.1, -0.05) is 0 Å². The van der Waals surface area contributed by atoms with Crippen molar-refractivity contribution in [2.24, 2.45) is 0 Å². The number of hydrogen-bond acceptors (Lipinski definition) is 6. The summed E-state index contributed by atoms with van der Waals surface area (Å²) in [5.74, 6) is 0.993. The van der Waals surface area contributed by atoms with Gasteiger partial charge in [-0.15, -0.1) is 22.6 Å². The van der Waals surface area contributed by atoms with Gasteiger partial charge in [0.2, 0.25) is 5.82 Å². The van der Waals surface area contributed by atoms with Crippen LogP contribution in [0.15, 0.2) is 0 Å². The van der Waals surface area contributed by atoms with Crippen LogP contribution in [0.1, 0.15) is 55.0 Å². The first kappa shape index (κ1) is 18.2. The van der Waals surface area contributed by atoms with Crippen LogP contribution >= 0.6 is 12.4 Å². The standard InChI is InChI=1S/C15H25N5O2.ClH/c1-2-22-15(21)14-17-13(18-19-14)11-5-9-20(10-6-11)12-3-7-16-8-4-12;/h11-12,16H,2-10H2,1H3,(H,17,18,19);1H. The van der Waals surface area contributed by atoms with Gasteiger partial charge < -0.3 is 19.9 Å². The summed E-state index contributed by atoms with van der Waals surface area (Å²) >= 11 is 0. The lowest BCUT2D eigenvalue weighted by molar-refractivity contribution is 0.0512. The van der Waals surface area contributed by atoms with Crippen LogP contribution < -0.4 is 5.32 Å². The highest BCUT2D eigenvalue weighted by Gasteiger charge is 2.28. The zero-order valence-corrected chi connectivity index (χ0v) is 14.4. The quantitative estimate of drug-likeness (QED) is 0.803. The van der Waals surface area contributed by atoms with Gasteiger partial charge in [-0.2, -0.15) is 0 Å².